The molecule has 0 saturated heterocycles. The minimum atomic E-state index is -1.14. The molecular formula is C28H47NO5S. The van der Waals surface area contributed by atoms with E-state index in [1.54, 1.807) is 12.1 Å². The topological polar surface area (TPSA) is 107 Å². The minimum absolute atomic E-state index is 0.0559. The first-order valence-corrected chi connectivity index (χ1v) is 14.5. The van der Waals surface area contributed by atoms with Gasteiger partial charge in [-0.1, -0.05) is 103 Å². The number of phenols is 2. The van der Waals surface area contributed by atoms with Crippen molar-refractivity contribution in [1.82, 2.24) is 5.32 Å². The zero-order valence-corrected chi connectivity index (χ0v) is 22.6. The van der Waals surface area contributed by atoms with Gasteiger partial charge in [-0.05, 0) is 24.5 Å². The van der Waals surface area contributed by atoms with Crippen LogP contribution in [-0.4, -0.2) is 39.0 Å². The van der Waals surface area contributed by atoms with Crippen molar-refractivity contribution >= 4 is 23.6 Å². The Morgan fingerprint density at radius 2 is 1.29 bits per heavy atom. The number of aryl methyl sites for hydroxylation is 1. The normalized spacial score (nSPS) is 11.9. The summed E-state index contributed by atoms with van der Waals surface area (Å²) < 4.78 is 0. The number of hydrogen-bond donors (Lipinski definition) is 4. The van der Waals surface area contributed by atoms with Crippen molar-refractivity contribution in [3.05, 3.63) is 17.7 Å². The molecule has 0 unspecified atom stereocenters. The van der Waals surface area contributed by atoms with E-state index in [-0.39, 0.29) is 17.3 Å². The Hall–Kier alpha value is -1.89. The van der Waals surface area contributed by atoms with Crippen LogP contribution in [0.15, 0.2) is 17.0 Å². The van der Waals surface area contributed by atoms with Gasteiger partial charge >= 0.3 is 5.97 Å². The third kappa shape index (κ3) is 14.3. The fraction of sp³-hybridized carbons (Fsp3) is 0.714. The third-order valence-corrected chi connectivity index (χ3v) is 7.47. The van der Waals surface area contributed by atoms with Crippen LogP contribution in [0.25, 0.3) is 0 Å². The molecule has 200 valence electrons. The first-order chi connectivity index (χ1) is 16.9. The van der Waals surface area contributed by atoms with Gasteiger partial charge in [0.15, 0.2) is 11.5 Å². The Bertz CT molecular complexity index is 740. The van der Waals surface area contributed by atoms with Crippen molar-refractivity contribution in [1.29, 1.82) is 0 Å². The molecule has 0 radical (unpaired) electrons. The zero-order valence-electron chi connectivity index (χ0n) is 21.8. The average Bonchev–Trinajstić information content (AvgIpc) is 2.82. The standard InChI is InChI=1S/C28H47NO5S/c1-3-4-5-6-7-8-9-10-11-12-13-14-15-16-17-18-23-19-20-25(27(32)26(23)31)35-21-24(28(33)34)29-22(2)30/h19-20,24,31-32H,3-18,21H2,1-2H3,(H,29,30)(H,33,34)/t24-/m0/s1. The Kier molecular flexibility index (Phi) is 17.2. The molecule has 0 saturated carbocycles. The van der Waals surface area contributed by atoms with Crippen LogP contribution in [0.5, 0.6) is 11.5 Å². The predicted molar refractivity (Wildman–Crippen MR) is 144 cm³/mol. The van der Waals surface area contributed by atoms with E-state index in [9.17, 15) is 24.9 Å². The number of nitrogens with one attached hydrogen (secondary N) is 1. The van der Waals surface area contributed by atoms with E-state index in [4.69, 9.17) is 0 Å². The summed E-state index contributed by atoms with van der Waals surface area (Å²) in [6.45, 7) is 3.52. The molecule has 1 aromatic rings. The zero-order chi connectivity index (χ0) is 25.9. The second-order valence-corrected chi connectivity index (χ2v) is 10.6. The summed E-state index contributed by atoms with van der Waals surface area (Å²) in [5.74, 6) is -1.86. The molecule has 0 aliphatic heterocycles. The van der Waals surface area contributed by atoms with Gasteiger partial charge in [0, 0.05) is 12.7 Å². The molecular weight excluding hydrogens is 462 g/mol. The largest absolute Gasteiger partial charge is 0.504 e. The van der Waals surface area contributed by atoms with Gasteiger partial charge < -0.3 is 20.6 Å². The Morgan fingerprint density at radius 1 is 0.800 bits per heavy atom. The summed E-state index contributed by atoms with van der Waals surface area (Å²) in [6, 6.07) is 2.43. The third-order valence-electron chi connectivity index (χ3n) is 6.33. The van der Waals surface area contributed by atoms with Gasteiger partial charge in [0.1, 0.15) is 6.04 Å². The molecule has 0 aromatic heterocycles. The maximum Gasteiger partial charge on any atom is 0.327 e. The molecule has 1 atom stereocenters. The number of carboxylic acid groups (broad SMARTS) is 1. The summed E-state index contributed by atoms with van der Waals surface area (Å²) in [5.41, 5.74) is 0.707. The van der Waals surface area contributed by atoms with Crippen LogP contribution in [0.4, 0.5) is 0 Å². The lowest BCUT2D eigenvalue weighted by Crippen LogP contribution is -2.41. The molecule has 0 fully saturated rings. The fourth-order valence-corrected chi connectivity index (χ4v) is 5.17. The van der Waals surface area contributed by atoms with Gasteiger partial charge in [0.05, 0.1) is 4.90 Å². The van der Waals surface area contributed by atoms with Gasteiger partial charge in [-0.15, -0.1) is 11.8 Å². The number of aliphatic carboxylic acids is 1. The van der Waals surface area contributed by atoms with Crippen LogP contribution in [0.1, 0.15) is 116 Å². The maximum atomic E-state index is 11.2. The summed E-state index contributed by atoms with van der Waals surface area (Å²) in [5, 5.41) is 32.2. The summed E-state index contributed by atoms with van der Waals surface area (Å²) >= 11 is 1.09. The van der Waals surface area contributed by atoms with Crippen LogP contribution in [-0.2, 0) is 16.0 Å². The molecule has 0 aliphatic carbocycles. The predicted octanol–water partition coefficient (Wildman–Crippen LogP) is 7.19. The highest BCUT2D eigenvalue weighted by atomic mass is 32.2. The lowest BCUT2D eigenvalue weighted by Gasteiger charge is -2.14. The minimum Gasteiger partial charge on any atom is -0.504 e. The number of rotatable bonds is 21. The molecule has 0 heterocycles. The lowest BCUT2D eigenvalue weighted by molar-refractivity contribution is -0.140. The molecule has 0 bridgehead atoms. The monoisotopic (exact) mass is 509 g/mol. The molecule has 1 aromatic carbocycles. The van der Waals surface area contributed by atoms with Crippen LogP contribution >= 0.6 is 11.8 Å². The van der Waals surface area contributed by atoms with Crippen LogP contribution in [0, 0.1) is 0 Å². The van der Waals surface area contributed by atoms with E-state index in [1.165, 1.54) is 90.4 Å². The van der Waals surface area contributed by atoms with Gasteiger partial charge in [0.25, 0.3) is 0 Å². The lowest BCUT2D eigenvalue weighted by atomic mass is 10.0. The number of amides is 1. The maximum absolute atomic E-state index is 11.2. The Morgan fingerprint density at radius 3 is 1.74 bits per heavy atom. The molecule has 1 rings (SSSR count). The van der Waals surface area contributed by atoms with E-state index >= 15 is 0 Å². The summed E-state index contributed by atoms with van der Waals surface area (Å²) in [6.07, 6.45) is 20.2. The molecule has 6 nitrogen and oxygen atoms in total. The highest BCUT2D eigenvalue weighted by molar-refractivity contribution is 7.99. The fourth-order valence-electron chi connectivity index (χ4n) is 4.20. The first-order valence-electron chi connectivity index (χ1n) is 13.5. The van der Waals surface area contributed by atoms with Gasteiger partial charge in [0.2, 0.25) is 5.91 Å². The van der Waals surface area contributed by atoms with Crippen molar-refractivity contribution in [2.24, 2.45) is 0 Å². The number of carbonyl (C=O) groups excluding carboxylic acids is 1. The number of hydrogen-bond acceptors (Lipinski definition) is 5. The van der Waals surface area contributed by atoms with E-state index in [1.807, 2.05) is 0 Å². The second-order valence-electron chi connectivity index (χ2n) is 9.52. The number of thioether (sulfide) groups is 1. The van der Waals surface area contributed by atoms with E-state index in [0.29, 0.717) is 16.9 Å². The number of carbonyl (C=O) groups is 2. The van der Waals surface area contributed by atoms with E-state index in [2.05, 4.69) is 12.2 Å². The van der Waals surface area contributed by atoms with Crippen molar-refractivity contribution in [2.45, 2.75) is 128 Å². The van der Waals surface area contributed by atoms with E-state index in [0.717, 1.165) is 24.6 Å². The molecule has 1 amide bonds. The van der Waals surface area contributed by atoms with Crippen molar-refractivity contribution in [3.8, 4) is 11.5 Å². The quantitative estimate of drug-likeness (QED) is 0.0793. The molecule has 35 heavy (non-hydrogen) atoms. The number of phenolic OH excluding ortho intramolecular Hbond substituents is 2. The highest BCUT2D eigenvalue weighted by Gasteiger charge is 2.20. The SMILES string of the molecule is CCCCCCCCCCCCCCCCCc1ccc(SC[C@H](NC(C)=O)C(=O)O)c(O)c1O. The molecule has 7 heteroatoms. The smallest absolute Gasteiger partial charge is 0.327 e. The van der Waals surface area contributed by atoms with E-state index < -0.39 is 17.9 Å². The van der Waals surface area contributed by atoms with Gasteiger partial charge in [-0.25, -0.2) is 4.79 Å². The van der Waals surface area contributed by atoms with Crippen molar-refractivity contribution < 1.29 is 24.9 Å². The Labute approximate surface area is 216 Å². The molecule has 4 N–H and O–H groups in total. The summed E-state index contributed by atoms with van der Waals surface area (Å²) in [4.78, 5) is 22.8. The molecule has 0 aliphatic rings. The van der Waals surface area contributed by atoms with Crippen molar-refractivity contribution in [3.63, 3.8) is 0 Å². The summed E-state index contributed by atoms with van der Waals surface area (Å²) in [7, 11) is 0. The number of benzene rings is 1. The molecule has 0 spiro atoms. The first kappa shape index (κ1) is 31.1. The second kappa shape index (κ2) is 19.3. The van der Waals surface area contributed by atoms with Crippen LogP contribution in [0.3, 0.4) is 0 Å². The number of unbranched alkanes of at least 4 members (excludes halogenated alkanes) is 14. The number of aromatic hydroxyl groups is 2. The van der Waals surface area contributed by atoms with Gasteiger partial charge in [-0.2, -0.15) is 0 Å². The Balaban J connectivity index is 2.17. The van der Waals surface area contributed by atoms with Crippen LogP contribution in [0.2, 0.25) is 0 Å². The van der Waals surface area contributed by atoms with Gasteiger partial charge in [-0.3, -0.25) is 4.79 Å². The highest BCUT2D eigenvalue weighted by Crippen LogP contribution is 2.39. The van der Waals surface area contributed by atoms with Crippen molar-refractivity contribution in [2.75, 3.05) is 5.75 Å². The average molecular weight is 510 g/mol. The van der Waals surface area contributed by atoms with Crippen LogP contribution < -0.4 is 5.32 Å². The number of carboxylic acids is 1.